The molecule has 8 heteroatoms. The molecule has 0 atom stereocenters. The van der Waals surface area contributed by atoms with E-state index in [0.29, 0.717) is 42.4 Å². The van der Waals surface area contributed by atoms with Crippen LogP contribution in [0, 0.1) is 0 Å². The number of rotatable bonds is 6. The third-order valence-corrected chi connectivity index (χ3v) is 7.43. The molecule has 0 saturated heterocycles. The van der Waals surface area contributed by atoms with E-state index in [-0.39, 0.29) is 10.8 Å². The molecular formula is C21H25ClN2O4S. The maximum absolute atomic E-state index is 13.2. The Labute approximate surface area is 177 Å². The van der Waals surface area contributed by atoms with Crippen molar-refractivity contribution in [2.24, 2.45) is 0 Å². The number of anilines is 1. The van der Waals surface area contributed by atoms with Crippen LogP contribution in [0.15, 0.2) is 41.3 Å². The summed E-state index contributed by atoms with van der Waals surface area (Å²) in [6.45, 7) is 5.00. The van der Waals surface area contributed by atoms with Crippen LogP contribution in [0.25, 0.3) is 0 Å². The molecule has 0 bridgehead atoms. The third kappa shape index (κ3) is 4.13. The summed E-state index contributed by atoms with van der Waals surface area (Å²) in [6.07, 6.45) is 1.46. The van der Waals surface area contributed by atoms with Gasteiger partial charge in [-0.2, -0.15) is 4.31 Å². The molecule has 0 aromatic heterocycles. The van der Waals surface area contributed by atoms with Crippen LogP contribution in [-0.4, -0.2) is 45.4 Å². The number of hydrogen-bond donors (Lipinski definition) is 0. The molecule has 2 aromatic rings. The van der Waals surface area contributed by atoms with Gasteiger partial charge in [0.25, 0.3) is 5.91 Å². The number of carbonyl (C=O) groups excluding carboxylic acids is 1. The molecule has 29 heavy (non-hydrogen) atoms. The van der Waals surface area contributed by atoms with Crippen LogP contribution in [0.2, 0.25) is 5.02 Å². The van der Waals surface area contributed by atoms with Crippen LogP contribution in [0.3, 0.4) is 0 Å². The number of ether oxygens (including phenoxy) is 1. The Morgan fingerprint density at radius 1 is 1.17 bits per heavy atom. The lowest BCUT2D eigenvalue weighted by molar-refractivity contribution is 0.0982. The maximum Gasteiger partial charge on any atom is 0.262 e. The number of hydrogen-bond acceptors (Lipinski definition) is 4. The first-order valence-corrected chi connectivity index (χ1v) is 11.4. The van der Waals surface area contributed by atoms with Gasteiger partial charge in [0.1, 0.15) is 5.75 Å². The van der Waals surface area contributed by atoms with Crippen molar-refractivity contribution in [3.8, 4) is 5.75 Å². The lowest BCUT2D eigenvalue weighted by atomic mass is 10.0. The molecular weight excluding hydrogens is 412 g/mol. The second kappa shape index (κ2) is 8.73. The van der Waals surface area contributed by atoms with Crippen LogP contribution in [0.1, 0.15) is 36.2 Å². The molecule has 1 heterocycles. The summed E-state index contributed by atoms with van der Waals surface area (Å²) in [4.78, 5) is 15.2. The van der Waals surface area contributed by atoms with E-state index in [9.17, 15) is 13.2 Å². The van der Waals surface area contributed by atoms with Crippen molar-refractivity contribution in [2.45, 2.75) is 31.6 Å². The second-order valence-electron chi connectivity index (χ2n) is 6.78. The van der Waals surface area contributed by atoms with Crippen molar-refractivity contribution < 1.29 is 17.9 Å². The first-order chi connectivity index (χ1) is 13.8. The van der Waals surface area contributed by atoms with Crippen LogP contribution in [0.4, 0.5) is 5.69 Å². The minimum Gasteiger partial charge on any atom is -0.496 e. The molecule has 1 aliphatic rings. The standard InChI is InChI=1S/C21H25ClN2O4S/c1-4-23(5-2)29(26,27)17-9-10-19-15(13-17)7-6-12-24(19)21(25)18-14-16(22)8-11-20(18)28-3/h8-11,13-14H,4-7,12H2,1-3H3. The van der Waals surface area contributed by atoms with Gasteiger partial charge in [-0.25, -0.2) is 8.42 Å². The van der Waals surface area contributed by atoms with Gasteiger partial charge in [0.2, 0.25) is 10.0 Å². The van der Waals surface area contributed by atoms with Crippen molar-refractivity contribution in [2.75, 3.05) is 31.6 Å². The minimum atomic E-state index is -3.55. The quantitative estimate of drug-likeness (QED) is 0.687. The summed E-state index contributed by atoms with van der Waals surface area (Å²) < 4.78 is 32.5. The van der Waals surface area contributed by atoms with E-state index in [1.54, 1.807) is 41.3 Å². The molecule has 0 spiro atoms. The highest BCUT2D eigenvalue weighted by Crippen LogP contribution is 2.33. The van der Waals surface area contributed by atoms with Crippen LogP contribution >= 0.6 is 11.6 Å². The van der Waals surface area contributed by atoms with Gasteiger partial charge in [-0.05, 0) is 54.8 Å². The van der Waals surface area contributed by atoms with E-state index >= 15 is 0 Å². The fourth-order valence-corrected chi connectivity index (χ4v) is 5.33. The zero-order valence-electron chi connectivity index (χ0n) is 16.8. The molecule has 0 unspecified atom stereocenters. The molecule has 0 radical (unpaired) electrons. The SMILES string of the molecule is CCN(CC)S(=O)(=O)c1ccc2c(c1)CCCN2C(=O)c1cc(Cl)ccc1OC. The Balaban J connectivity index is 2.00. The molecule has 6 nitrogen and oxygen atoms in total. The van der Waals surface area contributed by atoms with Crippen molar-refractivity contribution >= 4 is 33.2 Å². The van der Waals surface area contributed by atoms with E-state index in [2.05, 4.69) is 0 Å². The highest BCUT2D eigenvalue weighted by molar-refractivity contribution is 7.89. The van der Waals surface area contributed by atoms with Crippen LogP contribution < -0.4 is 9.64 Å². The first-order valence-electron chi connectivity index (χ1n) is 9.62. The number of sulfonamides is 1. The highest BCUT2D eigenvalue weighted by Gasteiger charge is 2.28. The normalized spacial score (nSPS) is 14.0. The molecule has 1 amide bonds. The monoisotopic (exact) mass is 436 g/mol. The molecule has 0 fully saturated rings. The van der Waals surface area contributed by atoms with E-state index in [1.165, 1.54) is 11.4 Å². The molecule has 0 N–H and O–H groups in total. The molecule has 0 saturated carbocycles. The number of aryl methyl sites for hydroxylation is 1. The average Bonchev–Trinajstić information content (AvgIpc) is 2.73. The fraction of sp³-hybridized carbons (Fsp3) is 0.381. The van der Waals surface area contributed by atoms with Gasteiger partial charge in [-0.1, -0.05) is 25.4 Å². The number of carbonyl (C=O) groups is 1. The largest absolute Gasteiger partial charge is 0.496 e. The van der Waals surface area contributed by atoms with E-state index in [0.717, 1.165) is 17.7 Å². The van der Waals surface area contributed by atoms with Gasteiger partial charge in [0, 0.05) is 30.3 Å². The van der Waals surface area contributed by atoms with Gasteiger partial charge in [0.05, 0.1) is 17.6 Å². The number of methoxy groups -OCH3 is 1. The zero-order valence-corrected chi connectivity index (χ0v) is 18.4. The summed E-state index contributed by atoms with van der Waals surface area (Å²) >= 11 is 6.09. The average molecular weight is 437 g/mol. The summed E-state index contributed by atoms with van der Waals surface area (Å²) in [6, 6.07) is 9.92. The summed E-state index contributed by atoms with van der Waals surface area (Å²) in [5.74, 6) is 0.233. The van der Waals surface area contributed by atoms with E-state index < -0.39 is 10.0 Å². The predicted octanol–water partition coefficient (Wildman–Crippen LogP) is 3.97. The second-order valence-corrected chi connectivity index (χ2v) is 9.16. The highest BCUT2D eigenvalue weighted by atomic mass is 35.5. The minimum absolute atomic E-state index is 0.218. The van der Waals surface area contributed by atoms with Gasteiger partial charge in [-0.3, -0.25) is 4.79 Å². The van der Waals surface area contributed by atoms with Gasteiger partial charge in [-0.15, -0.1) is 0 Å². The lowest BCUT2D eigenvalue weighted by Crippen LogP contribution is -2.36. The van der Waals surface area contributed by atoms with E-state index in [1.807, 2.05) is 13.8 Å². The Kier molecular flexibility index (Phi) is 6.51. The number of benzene rings is 2. The maximum atomic E-state index is 13.2. The number of amides is 1. The Morgan fingerprint density at radius 2 is 1.90 bits per heavy atom. The summed E-state index contributed by atoms with van der Waals surface area (Å²) in [5.41, 5.74) is 1.95. The third-order valence-electron chi connectivity index (χ3n) is 5.15. The van der Waals surface area contributed by atoms with Crippen LogP contribution in [-0.2, 0) is 16.4 Å². The van der Waals surface area contributed by atoms with Crippen molar-refractivity contribution in [3.05, 3.63) is 52.5 Å². The predicted molar refractivity (Wildman–Crippen MR) is 115 cm³/mol. The number of fused-ring (bicyclic) bond motifs is 1. The van der Waals surface area contributed by atoms with Gasteiger partial charge < -0.3 is 9.64 Å². The van der Waals surface area contributed by atoms with Gasteiger partial charge in [0.15, 0.2) is 0 Å². The smallest absolute Gasteiger partial charge is 0.262 e. The van der Waals surface area contributed by atoms with Gasteiger partial charge >= 0.3 is 0 Å². The van der Waals surface area contributed by atoms with E-state index in [4.69, 9.17) is 16.3 Å². The first kappa shape index (κ1) is 21.6. The summed E-state index contributed by atoms with van der Waals surface area (Å²) in [7, 11) is -2.04. The molecule has 3 rings (SSSR count). The number of halogens is 1. The Morgan fingerprint density at radius 3 is 2.55 bits per heavy atom. The molecule has 1 aliphatic heterocycles. The Hall–Kier alpha value is -2.09. The Bertz CT molecular complexity index is 1020. The lowest BCUT2D eigenvalue weighted by Gasteiger charge is -2.30. The van der Waals surface area contributed by atoms with Crippen molar-refractivity contribution in [1.29, 1.82) is 0 Å². The molecule has 156 valence electrons. The zero-order chi connectivity index (χ0) is 21.2. The summed E-state index contributed by atoms with van der Waals surface area (Å²) in [5, 5.41) is 0.451. The fourth-order valence-electron chi connectivity index (χ4n) is 3.65. The van der Waals surface area contributed by atoms with Crippen molar-refractivity contribution in [1.82, 2.24) is 4.31 Å². The molecule has 0 aliphatic carbocycles. The van der Waals surface area contributed by atoms with Crippen LogP contribution in [0.5, 0.6) is 5.75 Å². The topological polar surface area (TPSA) is 66.9 Å². The number of nitrogens with zero attached hydrogens (tertiary/aromatic N) is 2. The van der Waals surface area contributed by atoms with Crippen molar-refractivity contribution in [3.63, 3.8) is 0 Å². The molecule has 2 aromatic carbocycles.